The van der Waals surface area contributed by atoms with Gasteiger partial charge in [0, 0.05) is 24.3 Å². The molecule has 0 spiro atoms. The number of nitrogens with two attached hydrogens (primary N) is 1. The van der Waals surface area contributed by atoms with Gasteiger partial charge in [0.1, 0.15) is 5.84 Å². The lowest BCUT2D eigenvalue weighted by molar-refractivity contribution is 0.351. The Hall–Kier alpha value is -1.51. The minimum absolute atomic E-state index is 0.171. The summed E-state index contributed by atoms with van der Waals surface area (Å²) in [5.41, 5.74) is 8.99. The second-order valence-corrected chi connectivity index (χ2v) is 6.36. The van der Waals surface area contributed by atoms with E-state index >= 15 is 0 Å². The Bertz CT molecular complexity index is 479. The van der Waals surface area contributed by atoms with E-state index in [1.807, 2.05) is 12.1 Å². The summed E-state index contributed by atoms with van der Waals surface area (Å²) in [6.45, 7) is 8.91. The molecule has 0 aromatic heterocycles. The Morgan fingerprint density at radius 2 is 2.05 bits per heavy atom. The highest BCUT2D eigenvalue weighted by molar-refractivity contribution is 6.00. The van der Waals surface area contributed by atoms with E-state index in [2.05, 4.69) is 31.7 Å². The lowest BCUT2D eigenvalue weighted by atomic mass is 9.89. The number of benzene rings is 1. The molecule has 110 valence electrons. The van der Waals surface area contributed by atoms with Crippen LogP contribution in [0.1, 0.15) is 44.2 Å². The molecule has 0 bridgehead atoms. The van der Waals surface area contributed by atoms with Crippen LogP contribution in [0.3, 0.4) is 0 Å². The van der Waals surface area contributed by atoms with E-state index in [9.17, 15) is 0 Å². The molecule has 0 amide bonds. The Balaban J connectivity index is 2.23. The van der Waals surface area contributed by atoms with Crippen LogP contribution in [0, 0.1) is 24.2 Å². The zero-order valence-electron chi connectivity index (χ0n) is 12.9. The quantitative estimate of drug-likeness (QED) is 0.653. The lowest BCUT2D eigenvalue weighted by Gasteiger charge is -2.26. The van der Waals surface area contributed by atoms with Gasteiger partial charge in [-0.25, -0.2) is 0 Å². The maximum Gasteiger partial charge on any atom is 0.124 e. The van der Waals surface area contributed by atoms with Gasteiger partial charge in [-0.3, -0.25) is 5.41 Å². The highest BCUT2D eigenvalue weighted by atomic mass is 15.1. The molecule has 1 aliphatic rings. The molecular weight excluding hydrogens is 246 g/mol. The first-order chi connectivity index (χ1) is 9.49. The summed E-state index contributed by atoms with van der Waals surface area (Å²) < 4.78 is 0. The third-order valence-electron chi connectivity index (χ3n) is 4.50. The van der Waals surface area contributed by atoms with Crippen molar-refractivity contribution in [1.29, 1.82) is 5.41 Å². The predicted octanol–water partition coefficient (Wildman–Crippen LogP) is 3.54. The van der Waals surface area contributed by atoms with Gasteiger partial charge in [-0.15, -0.1) is 0 Å². The maximum absolute atomic E-state index is 7.78. The summed E-state index contributed by atoms with van der Waals surface area (Å²) in [6, 6.07) is 6.19. The minimum atomic E-state index is 0.171. The van der Waals surface area contributed by atoms with Crippen molar-refractivity contribution in [3.8, 4) is 0 Å². The summed E-state index contributed by atoms with van der Waals surface area (Å²) in [5.74, 6) is 1.76. The summed E-state index contributed by atoms with van der Waals surface area (Å²) in [7, 11) is 0. The zero-order valence-corrected chi connectivity index (χ0v) is 12.9. The third-order valence-corrected chi connectivity index (χ3v) is 4.50. The summed E-state index contributed by atoms with van der Waals surface area (Å²) >= 11 is 0. The smallest absolute Gasteiger partial charge is 0.124 e. The molecule has 20 heavy (non-hydrogen) atoms. The van der Waals surface area contributed by atoms with Gasteiger partial charge in [-0.1, -0.05) is 19.9 Å². The second kappa shape index (κ2) is 6.29. The van der Waals surface area contributed by atoms with Crippen molar-refractivity contribution >= 4 is 11.5 Å². The topological polar surface area (TPSA) is 53.1 Å². The first-order valence-corrected chi connectivity index (χ1v) is 7.69. The highest BCUT2D eigenvalue weighted by Crippen LogP contribution is 2.29. The molecule has 1 saturated heterocycles. The number of nitrogens with zero attached hydrogens (tertiary/aromatic N) is 1. The molecule has 1 atom stereocenters. The Morgan fingerprint density at radius 3 is 2.70 bits per heavy atom. The normalized spacial score (nSPS) is 20.0. The van der Waals surface area contributed by atoms with Crippen LogP contribution >= 0.6 is 0 Å². The van der Waals surface area contributed by atoms with Gasteiger partial charge in [-0.2, -0.15) is 0 Å². The summed E-state index contributed by atoms with van der Waals surface area (Å²) in [6.07, 6.45) is 3.78. The number of hydrogen-bond acceptors (Lipinski definition) is 2. The Labute approximate surface area is 122 Å². The average Bonchev–Trinajstić information content (AvgIpc) is 2.63. The zero-order chi connectivity index (χ0) is 14.7. The molecule has 3 heteroatoms. The Kier molecular flexibility index (Phi) is 4.69. The van der Waals surface area contributed by atoms with Crippen molar-refractivity contribution in [1.82, 2.24) is 0 Å². The maximum atomic E-state index is 7.78. The molecular formula is C17H27N3. The van der Waals surface area contributed by atoms with Crippen LogP contribution < -0.4 is 10.6 Å². The fraction of sp³-hybridized carbons (Fsp3) is 0.588. The Morgan fingerprint density at radius 1 is 1.30 bits per heavy atom. The van der Waals surface area contributed by atoms with Crippen LogP contribution in [0.25, 0.3) is 0 Å². The van der Waals surface area contributed by atoms with Crippen molar-refractivity contribution in [2.45, 2.75) is 40.0 Å². The van der Waals surface area contributed by atoms with E-state index in [4.69, 9.17) is 11.1 Å². The number of anilines is 1. The van der Waals surface area contributed by atoms with Crippen molar-refractivity contribution in [2.75, 3.05) is 18.0 Å². The van der Waals surface area contributed by atoms with Crippen LogP contribution in [0.4, 0.5) is 5.69 Å². The number of hydrogen-bond donors (Lipinski definition) is 2. The monoisotopic (exact) mass is 273 g/mol. The standard InChI is InChI=1S/C17H27N3/c1-12(2)14-5-4-9-20(10-8-14)16-11-13(3)6-7-15(16)17(18)19/h6-7,11-12,14H,4-5,8-10H2,1-3H3,(H3,18,19). The van der Waals surface area contributed by atoms with Crippen LogP contribution in [-0.2, 0) is 0 Å². The lowest BCUT2D eigenvalue weighted by Crippen LogP contribution is -2.27. The number of rotatable bonds is 3. The van der Waals surface area contributed by atoms with E-state index in [-0.39, 0.29) is 5.84 Å². The number of nitrogen functional groups attached to an aromatic ring is 1. The number of aryl methyl sites for hydroxylation is 1. The van der Waals surface area contributed by atoms with E-state index < -0.39 is 0 Å². The molecule has 3 nitrogen and oxygen atoms in total. The van der Waals surface area contributed by atoms with E-state index in [1.165, 1.54) is 24.8 Å². The van der Waals surface area contributed by atoms with Gasteiger partial charge in [0.15, 0.2) is 0 Å². The third kappa shape index (κ3) is 3.33. The van der Waals surface area contributed by atoms with Crippen LogP contribution in [0.5, 0.6) is 0 Å². The molecule has 1 unspecified atom stereocenters. The van der Waals surface area contributed by atoms with Crippen molar-refractivity contribution < 1.29 is 0 Å². The summed E-state index contributed by atoms with van der Waals surface area (Å²) in [4.78, 5) is 2.42. The molecule has 1 aromatic carbocycles. The van der Waals surface area contributed by atoms with Crippen molar-refractivity contribution in [3.63, 3.8) is 0 Å². The van der Waals surface area contributed by atoms with E-state index in [1.54, 1.807) is 0 Å². The van der Waals surface area contributed by atoms with Crippen molar-refractivity contribution in [2.24, 2.45) is 17.6 Å². The van der Waals surface area contributed by atoms with Gasteiger partial charge in [0.2, 0.25) is 0 Å². The van der Waals surface area contributed by atoms with Crippen LogP contribution in [-0.4, -0.2) is 18.9 Å². The van der Waals surface area contributed by atoms with Gasteiger partial charge in [-0.05, 0) is 55.7 Å². The number of amidine groups is 1. The fourth-order valence-electron chi connectivity index (χ4n) is 3.16. The fourth-order valence-corrected chi connectivity index (χ4v) is 3.16. The first kappa shape index (κ1) is 14.9. The van der Waals surface area contributed by atoms with E-state index in [0.29, 0.717) is 0 Å². The molecule has 1 aliphatic heterocycles. The van der Waals surface area contributed by atoms with Gasteiger partial charge in [0.25, 0.3) is 0 Å². The number of nitrogens with one attached hydrogen (secondary N) is 1. The largest absolute Gasteiger partial charge is 0.384 e. The van der Waals surface area contributed by atoms with Gasteiger partial charge < -0.3 is 10.6 Å². The molecule has 1 fully saturated rings. The second-order valence-electron chi connectivity index (χ2n) is 6.36. The predicted molar refractivity (Wildman–Crippen MR) is 86.6 cm³/mol. The minimum Gasteiger partial charge on any atom is -0.384 e. The molecule has 0 aliphatic carbocycles. The highest BCUT2D eigenvalue weighted by Gasteiger charge is 2.21. The van der Waals surface area contributed by atoms with Gasteiger partial charge in [0.05, 0.1) is 0 Å². The first-order valence-electron chi connectivity index (χ1n) is 7.69. The average molecular weight is 273 g/mol. The molecule has 0 saturated carbocycles. The molecule has 1 aromatic rings. The van der Waals surface area contributed by atoms with E-state index in [0.717, 1.165) is 36.2 Å². The van der Waals surface area contributed by atoms with Gasteiger partial charge >= 0.3 is 0 Å². The molecule has 1 heterocycles. The van der Waals surface area contributed by atoms with Crippen LogP contribution in [0.15, 0.2) is 18.2 Å². The summed E-state index contributed by atoms with van der Waals surface area (Å²) in [5, 5.41) is 7.78. The molecule has 3 N–H and O–H groups in total. The van der Waals surface area contributed by atoms with Crippen molar-refractivity contribution in [3.05, 3.63) is 29.3 Å². The van der Waals surface area contributed by atoms with Crippen LogP contribution in [0.2, 0.25) is 0 Å². The molecule has 0 radical (unpaired) electrons. The molecule has 2 rings (SSSR count). The SMILES string of the molecule is Cc1ccc(C(=N)N)c(N2CCCC(C(C)C)CC2)c1.